The van der Waals surface area contributed by atoms with E-state index in [0.29, 0.717) is 24.8 Å². The molecule has 0 saturated carbocycles. The van der Waals surface area contributed by atoms with Gasteiger partial charge in [-0.2, -0.15) is 5.10 Å². The van der Waals surface area contributed by atoms with Crippen molar-refractivity contribution in [1.29, 1.82) is 0 Å². The van der Waals surface area contributed by atoms with E-state index in [1.54, 1.807) is 18.0 Å². The summed E-state index contributed by atoms with van der Waals surface area (Å²) in [6.45, 7) is 1.06. The molecule has 3 aromatic rings. The van der Waals surface area contributed by atoms with Crippen molar-refractivity contribution < 1.29 is 4.74 Å². The molecule has 0 aliphatic heterocycles. The molecule has 0 fully saturated rings. The lowest BCUT2D eigenvalue weighted by molar-refractivity contribution is 0.417. The minimum absolute atomic E-state index is 0.320. The third-order valence-corrected chi connectivity index (χ3v) is 3.59. The molecule has 9 heteroatoms. The highest BCUT2D eigenvalue weighted by atomic mass is 16.5. The second-order valence-electron chi connectivity index (χ2n) is 5.25. The number of aryl methyl sites for hydroxylation is 1. The van der Waals surface area contributed by atoms with Crippen LogP contribution in [0, 0.1) is 0 Å². The number of para-hydroxylation sites is 2. The van der Waals surface area contributed by atoms with E-state index in [9.17, 15) is 0 Å². The van der Waals surface area contributed by atoms with Crippen LogP contribution in [0.1, 0.15) is 0 Å². The number of benzene rings is 1. The fraction of sp³-hybridized carbons (Fsp3) is 0.250. The summed E-state index contributed by atoms with van der Waals surface area (Å²) in [5.74, 6) is 1.75. The molecular formula is C16H20N8O. The van der Waals surface area contributed by atoms with Gasteiger partial charge in [-0.3, -0.25) is 9.67 Å². The average molecular weight is 340 g/mol. The van der Waals surface area contributed by atoms with Crippen LogP contribution in [0.25, 0.3) is 11.0 Å². The molecule has 0 saturated heterocycles. The van der Waals surface area contributed by atoms with Gasteiger partial charge < -0.3 is 21.1 Å². The van der Waals surface area contributed by atoms with Crippen molar-refractivity contribution in [3.63, 3.8) is 0 Å². The molecule has 3 rings (SSSR count). The van der Waals surface area contributed by atoms with E-state index in [0.717, 1.165) is 22.5 Å². The van der Waals surface area contributed by atoms with Gasteiger partial charge in [-0.25, -0.2) is 9.97 Å². The summed E-state index contributed by atoms with van der Waals surface area (Å²) in [7, 11) is 3.45. The van der Waals surface area contributed by atoms with Crippen molar-refractivity contribution in [1.82, 2.24) is 19.7 Å². The number of nitrogens with zero attached hydrogens (tertiary/aromatic N) is 5. The zero-order valence-electron chi connectivity index (χ0n) is 14.1. The number of guanidine groups is 1. The quantitative estimate of drug-likeness (QED) is 0.351. The first-order valence-electron chi connectivity index (χ1n) is 7.75. The molecule has 0 unspecified atom stereocenters. The van der Waals surface area contributed by atoms with E-state index in [-0.39, 0.29) is 0 Å². The van der Waals surface area contributed by atoms with Gasteiger partial charge in [0, 0.05) is 13.6 Å². The first kappa shape index (κ1) is 16.5. The number of nitrogens with two attached hydrogens (primary N) is 1. The van der Waals surface area contributed by atoms with Crippen LogP contribution in [0.4, 0.5) is 11.5 Å². The number of hydrogen-bond donors (Lipinski definition) is 3. The zero-order chi connectivity index (χ0) is 17.6. The maximum Gasteiger partial charge on any atom is 0.193 e. The van der Waals surface area contributed by atoms with Crippen molar-refractivity contribution in [3.8, 4) is 5.75 Å². The Bertz CT molecular complexity index is 889. The number of rotatable bonds is 6. The standard InChI is InChI=1S/C16H20N8O/c1-24-15-11(9-22-24)14(20-10-21-15)18-7-8-19-16(17)23-12-5-3-4-6-13(12)25-2/h3-6,9-10H,7-8H2,1-2H3,(H3,17,19,23)(H,18,20,21). The SMILES string of the molecule is COc1ccccc1NC(N)=NCCNc1ncnc2c1cnn2C. The van der Waals surface area contributed by atoms with E-state index >= 15 is 0 Å². The molecule has 1 aromatic carbocycles. The first-order chi connectivity index (χ1) is 12.2. The number of aliphatic imine (C=N–C) groups is 1. The highest BCUT2D eigenvalue weighted by molar-refractivity contribution is 5.93. The van der Waals surface area contributed by atoms with Crippen molar-refractivity contribution in [3.05, 3.63) is 36.8 Å². The van der Waals surface area contributed by atoms with Gasteiger partial charge in [-0.15, -0.1) is 0 Å². The van der Waals surface area contributed by atoms with Gasteiger partial charge in [-0.05, 0) is 12.1 Å². The Morgan fingerprint density at radius 1 is 1.32 bits per heavy atom. The average Bonchev–Trinajstić information content (AvgIpc) is 3.01. The van der Waals surface area contributed by atoms with Gasteiger partial charge in [0.15, 0.2) is 11.6 Å². The normalized spacial score (nSPS) is 11.5. The van der Waals surface area contributed by atoms with Gasteiger partial charge in [0.05, 0.1) is 30.9 Å². The number of methoxy groups -OCH3 is 1. The van der Waals surface area contributed by atoms with Crippen LogP contribution in [0.3, 0.4) is 0 Å². The van der Waals surface area contributed by atoms with Gasteiger partial charge >= 0.3 is 0 Å². The maximum absolute atomic E-state index is 5.92. The monoisotopic (exact) mass is 340 g/mol. The molecule has 0 aliphatic carbocycles. The van der Waals surface area contributed by atoms with E-state index in [4.69, 9.17) is 10.5 Å². The van der Waals surface area contributed by atoms with Gasteiger partial charge in [0.25, 0.3) is 0 Å². The number of nitrogens with one attached hydrogen (secondary N) is 2. The number of anilines is 2. The Morgan fingerprint density at radius 2 is 2.16 bits per heavy atom. The van der Waals surface area contributed by atoms with E-state index in [1.165, 1.54) is 6.33 Å². The highest BCUT2D eigenvalue weighted by Gasteiger charge is 2.07. The maximum atomic E-state index is 5.92. The van der Waals surface area contributed by atoms with E-state index < -0.39 is 0 Å². The van der Waals surface area contributed by atoms with Crippen molar-refractivity contribution >= 4 is 28.5 Å². The fourth-order valence-electron chi connectivity index (χ4n) is 2.38. The summed E-state index contributed by atoms with van der Waals surface area (Å²) in [6.07, 6.45) is 3.24. The largest absolute Gasteiger partial charge is 0.495 e. The van der Waals surface area contributed by atoms with Crippen LogP contribution < -0.4 is 21.1 Å². The molecule has 0 bridgehead atoms. The smallest absolute Gasteiger partial charge is 0.193 e. The molecule has 0 amide bonds. The van der Waals surface area contributed by atoms with Crippen molar-refractivity contribution in [2.75, 3.05) is 30.8 Å². The third-order valence-electron chi connectivity index (χ3n) is 3.59. The minimum Gasteiger partial charge on any atom is -0.495 e. The predicted octanol–water partition coefficient (Wildman–Crippen LogP) is 1.21. The zero-order valence-corrected chi connectivity index (χ0v) is 14.1. The number of ether oxygens (including phenoxy) is 1. The van der Waals surface area contributed by atoms with Crippen molar-refractivity contribution in [2.24, 2.45) is 17.8 Å². The van der Waals surface area contributed by atoms with Crippen LogP contribution in [-0.2, 0) is 7.05 Å². The molecule has 9 nitrogen and oxygen atoms in total. The second kappa shape index (κ2) is 7.47. The molecule has 0 aliphatic rings. The second-order valence-corrected chi connectivity index (χ2v) is 5.25. The summed E-state index contributed by atoms with van der Waals surface area (Å²) >= 11 is 0. The highest BCUT2D eigenvalue weighted by Crippen LogP contribution is 2.22. The lowest BCUT2D eigenvalue weighted by Crippen LogP contribution is -2.24. The molecular weight excluding hydrogens is 320 g/mol. The molecule has 0 atom stereocenters. The topological polar surface area (TPSA) is 115 Å². The van der Waals surface area contributed by atoms with Crippen LogP contribution in [0.2, 0.25) is 0 Å². The molecule has 2 heterocycles. The molecule has 25 heavy (non-hydrogen) atoms. The van der Waals surface area contributed by atoms with Crippen molar-refractivity contribution in [2.45, 2.75) is 0 Å². The minimum atomic E-state index is 0.320. The Morgan fingerprint density at radius 3 is 3.00 bits per heavy atom. The summed E-state index contributed by atoms with van der Waals surface area (Å²) < 4.78 is 6.97. The van der Waals surface area contributed by atoms with Crippen LogP contribution in [0.5, 0.6) is 5.75 Å². The molecule has 130 valence electrons. The Labute approximate surface area is 144 Å². The fourth-order valence-corrected chi connectivity index (χ4v) is 2.38. The third kappa shape index (κ3) is 3.77. The Hall–Kier alpha value is -3.36. The Kier molecular flexibility index (Phi) is 4.93. The van der Waals surface area contributed by atoms with Crippen LogP contribution in [0.15, 0.2) is 41.8 Å². The number of aromatic nitrogens is 4. The van der Waals surface area contributed by atoms with E-state index in [1.807, 2.05) is 31.3 Å². The molecule has 4 N–H and O–H groups in total. The van der Waals surface area contributed by atoms with Gasteiger partial charge in [0.2, 0.25) is 0 Å². The summed E-state index contributed by atoms with van der Waals surface area (Å²) in [5, 5.41) is 11.3. The summed E-state index contributed by atoms with van der Waals surface area (Å²) in [5.41, 5.74) is 7.47. The number of fused-ring (bicyclic) bond motifs is 1. The van der Waals surface area contributed by atoms with Crippen LogP contribution >= 0.6 is 0 Å². The Balaban J connectivity index is 1.57. The lowest BCUT2D eigenvalue weighted by atomic mass is 10.3. The van der Waals surface area contributed by atoms with Gasteiger partial charge in [-0.1, -0.05) is 12.1 Å². The summed E-state index contributed by atoms with van der Waals surface area (Å²) in [4.78, 5) is 12.7. The lowest BCUT2D eigenvalue weighted by Gasteiger charge is -2.10. The molecule has 0 radical (unpaired) electrons. The number of hydrogen-bond acceptors (Lipinski definition) is 6. The predicted molar refractivity (Wildman–Crippen MR) is 97.9 cm³/mol. The van der Waals surface area contributed by atoms with E-state index in [2.05, 4.69) is 30.7 Å². The van der Waals surface area contributed by atoms with Gasteiger partial charge in [0.1, 0.15) is 17.9 Å². The first-order valence-corrected chi connectivity index (χ1v) is 7.75. The summed E-state index contributed by atoms with van der Waals surface area (Å²) in [6, 6.07) is 7.51. The molecule has 0 spiro atoms. The van der Waals surface area contributed by atoms with Crippen LogP contribution in [-0.4, -0.2) is 45.9 Å². The molecule has 2 aromatic heterocycles.